The number of hydrogen-bond donors (Lipinski definition) is 2. The molecule has 2 amide bonds. The van der Waals surface area contributed by atoms with Crippen molar-refractivity contribution in [3.63, 3.8) is 0 Å². The van der Waals surface area contributed by atoms with Crippen molar-refractivity contribution < 1.29 is 9.59 Å². The van der Waals surface area contributed by atoms with Crippen LogP contribution in [0.2, 0.25) is 0 Å². The van der Waals surface area contributed by atoms with Gasteiger partial charge in [0.2, 0.25) is 0 Å². The predicted molar refractivity (Wildman–Crippen MR) is 90.2 cm³/mol. The minimum Gasteiger partial charge on any atom is -0.337 e. The van der Waals surface area contributed by atoms with Gasteiger partial charge in [0.1, 0.15) is 5.82 Å². The highest BCUT2D eigenvalue weighted by molar-refractivity contribution is 6.39. The van der Waals surface area contributed by atoms with Crippen molar-refractivity contribution in [1.29, 1.82) is 0 Å². The molecule has 0 spiro atoms. The van der Waals surface area contributed by atoms with Crippen molar-refractivity contribution in [3.8, 4) is 11.4 Å². The van der Waals surface area contributed by atoms with Crippen LogP contribution in [-0.2, 0) is 9.59 Å². The van der Waals surface area contributed by atoms with E-state index < -0.39 is 11.8 Å². The fraction of sp³-hybridized carbons (Fsp3) is 0.412. The van der Waals surface area contributed by atoms with Crippen molar-refractivity contribution >= 4 is 17.5 Å². The number of hydrogen-bond acceptors (Lipinski definition) is 4. The van der Waals surface area contributed by atoms with Crippen LogP contribution in [0.3, 0.4) is 0 Å². The highest BCUT2D eigenvalue weighted by Crippen LogP contribution is 2.26. The molecule has 0 aliphatic heterocycles. The molecule has 0 bridgehead atoms. The molecule has 24 heavy (non-hydrogen) atoms. The Morgan fingerprint density at radius 3 is 2.79 bits per heavy atom. The molecule has 1 aliphatic carbocycles. The van der Waals surface area contributed by atoms with Crippen molar-refractivity contribution in [3.05, 3.63) is 30.1 Å². The van der Waals surface area contributed by atoms with Crippen LogP contribution in [0.5, 0.6) is 0 Å². The van der Waals surface area contributed by atoms with Gasteiger partial charge in [0, 0.05) is 24.8 Å². The van der Waals surface area contributed by atoms with E-state index >= 15 is 0 Å². The molecule has 1 aliphatic rings. The van der Waals surface area contributed by atoms with Crippen LogP contribution in [0.1, 0.15) is 25.1 Å². The van der Waals surface area contributed by atoms with Crippen LogP contribution < -0.4 is 5.32 Å². The van der Waals surface area contributed by atoms with Gasteiger partial charge in [-0.25, -0.2) is 4.98 Å². The largest absolute Gasteiger partial charge is 0.337 e. The Bertz CT molecular complexity index is 751. The first-order valence-electron chi connectivity index (χ1n) is 8.09. The Labute approximate surface area is 140 Å². The lowest BCUT2D eigenvalue weighted by Gasteiger charge is -2.29. The van der Waals surface area contributed by atoms with Gasteiger partial charge in [-0.3, -0.25) is 14.7 Å². The van der Waals surface area contributed by atoms with Crippen molar-refractivity contribution in [2.24, 2.45) is 5.92 Å². The molecule has 0 saturated heterocycles. The number of aryl methyl sites for hydroxylation is 1. The molecule has 1 fully saturated rings. The number of benzene rings is 1. The molecule has 2 aromatic rings. The number of nitrogens with zero attached hydrogens (tertiary/aromatic N) is 3. The highest BCUT2D eigenvalue weighted by atomic mass is 16.2. The molecule has 2 N–H and O–H groups in total. The number of amides is 2. The summed E-state index contributed by atoms with van der Waals surface area (Å²) in [4.78, 5) is 30.1. The zero-order valence-corrected chi connectivity index (χ0v) is 13.9. The monoisotopic (exact) mass is 327 g/mol. The Morgan fingerprint density at radius 2 is 2.17 bits per heavy atom. The summed E-state index contributed by atoms with van der Waals surface area (Å²) in [5.74, 6) is 0.662. The minimum absolute atomic E-state index is 0.513. The second-order valence-electron chi connectivity index (χ2n) is 6.26. The average Bonchev–Trinajstić information content (AvgIpc) is 2.96. The second kappa shape index (κ2) is 6.82. The number of nitrogens with one attached hydrogen (secondary N) is 2. The van der Waals surface area contributed by atoms with E-state index in [9.17, 15) is 9.59 Å². The normalized spacial score (nSPS) is 14.1. The van der Waals surface area contributed by atoms with Gasteiger partial charge < -0.3 is 10.2 Å². The quantitative estimate of drug-likeness (QED) is 0.840. The highest BCUT2D eigenvalue weighted by Gasteiger charge is 2.25. The minimum atomic E-state index is -0.625. The first-order valence-corrected chi connectivity index (χ1v) is 8.09. The van der Waals surface area contributed by atoms with Crippen LogP contribution in [0.25, 0.3) is 11.4 Å². The van der Waals surface area contributed by atoms with E-state index in [1.165, 1.54) is 11.3 Å². The number of rotatable bonds is 4. The van der Waals surface area contributed by atoms with Crippen LogP contribution in [-0.4, -0.2) is 45.5 Å². The summed E-state index contributed by atoms with van der Waals surface area (Å²) in [6.07, 6.45) is 3.49. The number of likely N-dealkylation sites (N-methyl/N-ethyl adjacent to an activating group) is 1. The molecule has 126 valence electrons. The van der Waals surface area contributed by atoms with Gasteiger partial charge in [0.25, 0.3) is 0 Å². The van der Waals surface area contributed by atoms with Crippen LogP contribution in [0.4, 0.5) is 5.69 Å². The van der Waals surface area contributed by atoms with Gasteiger partial charge in [-0.05, 0) is 37.8 Å². The van der Waals surface area contributed by atoms with Crippen molar-refractivity contribution in [1.82, 2.24) is 20.1 Å². The number of anilines is 1. The first-order chi connectivity index (χ1) is 11.5. The van der Waals surface area contributed by atoms with Crippen LogP contribution in [0, 0.1) is 12.8 Å². The lowest BCUT2D eigenvalue weighted by molar-refractivity contribution is -0.142. The first kappa shape index (κ1) is 16.2. The van der Waals surface area contributed by atoms with E-state index in [4.69, 9.17) is 0 Å². The summed E-state index contributed by atoms with van der Waals surface area (Å²) in [5, 5.41) is 9.53. The third kappa shape index (κ3) is 3.61. The Morgan fingerprint density at radius 1 is 1.38 bits per heavy atom. The summed E-state index contributed by atoms with van der Waals surface area (Å²) >= 11 is 0. The average molecular weight is 327 g/mol. The predicted octanol–water partition coefficient (Wildman–Crippen LogP) is 1.98. The summed E-state index contributed by atoms with van der Waals surface area (Å²) in [6, 6.07) is 7.13. The zero-order chi connectivity index (χ0) is 17.1. The maximum Gasteiger partial charge on any atom is 0.313 e. The molecule has 0 radical (unpaired) electrons. The van der Waals surface area contributed by atoms with Crippen molar-refractivity contribution in [2.75, 3.05) is 18.9 Å². The van der Waals surface area contributed by atoms with E-state index in [0.29, 0.717) is 29.8 Å². The number of H-pyrrole nitrogens is 1. The summed E-state index contributed by atoms with van der Waals surface area (Å²) in [7, 11) is 1.67. The Kier molecular flexibility index (Phi) is 4.59. The molecular weight excluding hydrogens is 306 g/mol. The molecule has 0 unspecified atom stereocenters. The Balaban J connectivity index is 1.64. The fourth-order valence-corrected chi connectivity index (χ4v) is 2.71. The SMILES string of the molecule is Cc1nc(-c2cccc(NC(=O)C(=O)N(C)CC3CCC3)c2)n[nH]1. The summed E-state index contributed by atoms with van der Waals surface area (Å²) in [6.45, 7) is 2.46. The van der Waals surface area contributed by atoms with Crippen molar-refractivity contribution in [2.45, 2.75) is 26.2 Å². The van der Waals surface area contributed by atoms with Gasteiger partial charge in [-0.1, -0.05) is 18.6 Å². The summed E-state index contributed by atoms with van der Waals surface area (Å²) < 4.78 is 0. The van der Waals surface area contributed by atoms with E-state index in [2.05, 4.69) is 20.5 Å². The lowest BCUT2D eigenvalue weighted by Crippen LogP contribution is -2.40. The molecule has 1 saturated carbocycles. The number of aromatic amines is 1. The van der Waals surface area contributed by atoms with Gasteiger partial charge in [-0.2, -0.15) is 5.10 Å². The molecule has 3 rings (SSSR count). The molecule has 0 atom stereocenters. The van der Waals surface area contributed by atoms with Gasteiger partial charge >= 0.3 is 11.8 Å². The van der Waals surface area contributed by atoms with Gasteiger partial charge in [-0.15, -0.1) is 0 Å². The van der Waals surface area contributed by atoms with Crippen LogP contribution in [0.15, 0.2) is 24.3 Å². The van der Waals surface area contributed by atoms with E-state index in [1.807, 2.05) is 13.0 Å². The number of aromatic nitrogens is 3. The molecule has 7 heteroatoms. The van der Waals surface area contributed by atoms with E-state index in [1.54, 1.807) is 25.2 Å². The van der Waals surface area contributed by atoms with Gasteiger partial charge in [0.15, 0.2) is 5.82 Å². The maximum absolute atomic E-state index is 12.2. The standard InChI is InChI=1S/C17H21N5O2/c1-11-18-15(21-20-11)13-7-4-8-14(9-13)19-16(23)17(24)22(2)10-12-5-3-6-12/h4,7-9,12H,3,5-6,10H2,1-2H3,(H,19,23)(H,18,20,21). The lowest BCUT2D eigenvalue weighted by atomic mass is 9.85. The zero-order valence-electron chi connectivity index (χ0n) is 13.9. The topological polar surface area (TPSA) is 91.0 Å². The van der Waals surface area contributed by atoms with Gasteiger partial charge in [0.05, 0.1) is 0 Å². The number of carbonyl (C=O) groups excluding carboxylic acids is 2. The molecular formula is C17H21N5O2. The fourth-order valence-electron chi connectivity index (χ4n) is 2.71. The van der Waals surface area contributed by atoms with E-state index in [0.717, 1.165) is 18.4 Å². The smallest absolute Gasteiger partial charge is 0.313 e. The van der Waals surface area contributed by atoms with E-state index in [-0.39, 0.29) is 0 Å². The van der Waals surface area contributed by atoms with Crippen LogP contribution >= 0.6 is 0 Å². The molecule has 1 heterocycles. The summed E-state index contributed by atoms with van der Waals surface area (Å²) in [5.41, 5.74) is 1.32. The second-order valence-corrected chi connectivity index (χ2v) is 6.26. The molecule has 7 nitrogen and oxygen atoms in total. The number of carbonyl (C=O) groups is 2. The molecule has 1 aromatic carbocycles. The third-order valence-electron chi connectivity index (χ3n) is 4.27. The maximum atomic E-state index is 12.2. The molecule has 1 aromatic heterocycles. The third-order valence-corrected chi connectivity index (χ3v) is 4.27. The Hall–Kier alpha value is -2.70.